The lowest BCUT2D eigenvalue weighted by molar-refractivity contribution is -0.133. The Bertz CT molecular complexity index is 531. The fourth-order valence-corrected chi connectivity index (χ4v) is 1.35. The van der Waals surface area contributed by atoms with E-state index in [9.17, 15) is 9.59 Å². The van der Waals surface area contributed by atoms with Crippen LogP contribution in [0.4, 0.5) is 0 Å². The van der Waals surface area contributed by atoms with Crippen LogP contribution in [0.5, 0.6) is 0 Å². The van der Waals surface area contributed by atoms with E-state index < -0.39 is 11.7 Å². The van der Waals surface area contributed by atoms with E-state index >= 15 is 0 Å². The van der Waals surface area contributed by atoms with Crippen molar-refractivity contribution in [3.05, 3.63) is 34.8 Å². The van der Waals surface area contributed by atoms with Crippen LogP contribution in [0.25, 0.3) is 5.76 Å². The molecule has 0 spiro atoms. The number of nitrogens with zero attached hydrogens (tertiary/aromatic N) is 1. The van der Waals surface area contributed by atoms with E-state index in [1.807, 2.05) is 0 Å². The number of hydrogen-bond acceptors (Lipinski definition) is 3. The van der Waals surface area contributed by atoms with Gasteiger partial charge in [-0.1, -0.05) is 12.1 Å². The first-order valence-corrected chi connectivity index (χ1v) is 4.05. The van der Waals surface area contributed by atoms with Gasteiger partial charge in [0, 0.05) is 5.22 Å². The second-order valence-electron chi connectivity index (χ2n) is 2.80. The maximum Gasteiger partial charge on any atom is 0.321 e. The molecule has 0 saturated carbocycles. The molecule has 0 N–H and O–H groups in total. The quantitative estimate of drug-likeness (QED) is 0.542. The summed E-state index contributed by atoms with van der Waals surface area (Å²) in [5.41, 5.74) is 0. The number of methoxy groups -OCH3 is 1. The van der Waals surface area contributed by atoms with Gasteiger partial charge in [-0.15, -0.1) is 0 Å². The number of ketones is 1. The minimum Gasteiger partial charge on any atom is -0.492 e. The van der Waals surface area contributed by atoms with Crippen molar-refractivity contribution in [2.45, 2.75) is 0 Å². The molecule has 0 aromatic heterocycles. The van der Waals surface area contributed by atoms with E-state index in [0.717, 1.165) is 0 Å². The highest BCUT2D eigenvalue weighted by Gasteiger charge is 2.23. The van der Waals surface area contributed by atoms with E-state index in [1.165, 1.54) is 7.11 Å². The molecule has 14 heavy (non-hydrogen) atoms. The average Bonchev–Trinajstić information content (AvgIpc) is 2.20. The van der Waals surface area contributed by atoms with Gasteiger partial charge in [-0.2, -0.15) is 0 Å². The summed E-state index contributed by atoms with van der Waals surface area (Å²) in [6.07, 6.45) is 0. The second-order valence-corrected chi connectivity index (χ2v) is 2.80. The first kappa shape index (κ1) is 8.62. The van der Waals surface area contributed by atoms with Crippen LogP contribution in [0.1, 0.15) is 0 Å². The summed E-state index contributed by atoms with van der Waals surface area (Å²) in [6, 6.07) is 6.87. The van der Waals surface area contributed by atoms with Crippen LogP contribution >= 0.6 is 0 Å². The Morgan fingerprint density at radius 1 is 1.21 bits per heavy atom. The maximum absolute atomic E-state index is 11.3. The van der Waals surface area contributed by atoms with Crippen LogP contribution < -0.4 is 10.6 Å². The highest BCUT2D eigenvalue weighted by molar-refractivity contribution is 6.50. The molecule has 1 aromatic carbocycles. The molecule has 0 atom stereocenters. The molecule has 4 nitrogen and oxygen atoms in total. The molecule has 0 bridgehead atoms. The van der Waals surface area contributed by atoms with Gasteiger partial charge in [0.15, 0.2) is 5.76 Å². The van der Waals surface area contributed by atoms with Crippen molar-refractivity contribution in [3.8, 4) is 0 Å². The predicted molar refractivity (Wildman–Crippen MR) is 47.7 cm³/mol. The normalized spacial score (nSPS) is 14.8. The minimum atomic E-state index is -0.777. The van der Waals surface area contributed by atoms with Gasteiger partial charge in [0.05, 0.1) is 12.5 Å². The molecule has 1 aromatic rings. The molecule has 1 heterocycles. The van der Waals surface area contributed by atoms with Crippen LogP contribution in [0.3, 0.4) is 0 Å². The number of Topliss-reactive ketones (excluding diaryl/α,β-unsaturated/α-hetero) is 1. The van der Waals surface area contributed by atoms with Gasteiger partial charge in [0.2, 0.25) is 0 Å². The zero-order valence-electron chi connectivity index (χ0n) is 7.48. The van der Waals surface area contributed by atoms with Gasteiger partial charge >= 0.3 is 5.91 Å². The lowest BCUT2D eigenvalue weighted by Gasteiger charge is -2.06. The van der Waals surface area contributed by atoms with Gasteiger partial charge < -0.3 is 4.74 Å². The Labute approximate surface area is 79.5 Å². The van der Waals surface area contributed by atoms with Crippen molar-refractivity contribution in [1.29, 1.82) is 0 Å². The maximum atomic E-state index is 11.3. The van der Waals surface area contributed by atoms with Crippen molar-refractivity contribution in [3.63, 3.8) is 0 Å². The SMILES string of the molecule is COC1=c2ccccc2=NC(=O)C1=O. The van der Waals surface area contributed by atoms with Crippen LogP contribution in [0.2, 0.25) is 0 Å². The molecule has 4 heteroatoms. The number of carbonyl (C=O) groups excluding carboxylic acids is 2. The van der Waals surface area contributed by atoms with Gasteiger partial charge in [-0.05, 0) is 12.1 Å². The van der Waals surface area contributed by atoms with E-state index in [0.29, 0.717) is 10.6 Å². The Kier molecular flexibility index (Phi) is 1.89. The monoisotopic (exact) mass is 189 g/mol. The standard InChI is InChI=1S/C10H7NO3/c1-14-9-6-4-2-3-5-7(6)11-10(13)8(9)12/h2-5H,1H3. The van der Waals surface area contributed by atoms with E-state index in [-0.39, 0.29) is 5.76 Å². The summed E-state index contributed by atoms with van der Waals surface area (Å²) in [5, 5.41) is 1.05. The summed E-state index contributed by atoms with van der Waals surface area (Å²) in [6.45, 7) is 0. The average molecular weight is 189 g/mol. The van der Waals surface area contributed by atoms with E-state index in [1.54, 1.807) is 24.3 Å². The lowest BCUT2D eigenvalue weighted by Crippen LogP contribution is -2.38. The fraction of sp³-hybridized carbons (Fsp3) is 0.100. The van der Waals surface area contributed by atoms with Crippen LogP contribution in [0.15, 0.2) is 29.3 Å². The van der Waals surface area contributed by atoms with Crippen LogP contribution in [-0.4, -0.2) is 18.8 Å². The number of rotatable bonds is 1. The molecule has 0 radical (unpaired) electrons. The number of carbonyl (C=O) groups is 2. The highest BCUT2D eigenvalue weighted by atomic mass is 16.5. The first-order chi connectivity index (χ1) is 6.74. The summed E-state index contributed by atoms with van der Waals surface area (Å²) < 4.78 is 4.89. The molecule has 70 valence electrons. The smallest absolute Gasteiger partial charge is 0.321 e. The van der Waals surface area contributed by atoms with Crippen molar-refractivity contribution in [1.82, 2.24) is 0 Å². The van der Waals surface area contributed by atoms with Gasteiger partial charge in [-0.3, -0.25) is 9.59 Å². The molecule has 0 fully saturated rings. The minimum absolute atomic E-state index is 0.0700. The Balaban J connectivity index is 2.92. The fourth-order valence-electron chi connectivity index (χ4n) is 1.35. The number of ether oxygens (including phenoxy) is 1. The molecular formula is C10H7NO3. The number of fused-ring (bicyclic) bond motifs is 1. The van der Waals surface area contributed by atoms with Crippen LogP contribution in [0, 0.1) is 0 Å². The summed E-state index contributed by atoms with van der Waals surface area (Å²) in [7, 11) is 1.36. The Morgan fingerprint density at radius 2 is 1.93 bits per heavy atom. The lowest BCUT2D eigenvalue weighted by atomic mass is 10.1. The predicted octanol–water partition coefficient (Wildman–Crippen LogP) is -0.830. The summed E-state index contributed by atoms with van der Waals surface area (Å²) in [4.78, 5) is 26.1. The topological polar surface area (TPSA) is 55.7 Å². The highest BCUT2D eigenvalue weighted by Crippen LogP contribution is 1.99. The van der Waals surface area contributed by atoms with Gasteiger partial charge in [-0.25, -0.2) is 4.99 Å². The Hall–Kier alpha value is -1.97. The van der Waals surface area contributed by atoms with Gasteiger partial charge in [0.25, 0.3) is 5.78 Å². The molecule has 1 aliphatic rings. The largest absolute Gasteiger partial charge is 0.492 e. The molecule has 1 aliphatic heterocycles. The molecule has 0 unspecified atom stereocenters. The van der Waals surface area contributed by atoms with Crippen LogP contribution in [-0.2, 0) is 14.3 Å². The third kappa shape index (κ3) is 1.12. The van der Waals surface area contributed by atoms with E-state index in [4.69, 9.17) is 4.74 Å². The van der Waals surface area contributed by atoms with Crippen molar-refractivity contribution < 1.29 is 14.3 Å². The summed E-state index contributed by atoms with van der Waals surface area (Å²) >= 11 is 0. The molecule has 0 saturated heterocycles. The molecular weight excluding hydrogens is 182 g/mol. The molecule has 0 aliphatic carbocycles. The zero-order chi connectivity index (χ0) is 10.1. The third-order valence-corrected chi connectivity index (χ3v) is 1.98. The van der Waals surface area contributed by atoms with Crippen molar-refractivity contribution in [2.24, 2.45) is 4.99 Å². The van der Waals surface area contributed by atoms with Gasteiger partial charge in [0.1, 0.15) is 0 Å². The third-order valence-electron chi connectivity index (χ3n) is 1.98. The van der Waals surface area contributed by atoms with Crippen molar-refractivity contribution in [2.75, 3.05) is 7.11 Å². The number of para-hydroxylation sites is 1. The first-order valence-electron chi connectivity index (χ1n) is 4.05. The number of benzene rings is 1. The van der Waals surface area contributed by atoms with Crippen molar-refractivity contribution >= 4 is 17.4 Å². The number of hydrogen-bond donors (Lipinski definition) is 0. The zero-order valence-corrected chi connectivity index (χ0v) is 7.48. The molecule has 2 rings (SSSR count). The Morgan fingerprint density at radius 3 is 2.64 bits per heavy atom. The van der Waals surface area contributed by atoms with E-state index in [2.05, 4.69) is 4.99 Å². The number of amides is 1. The molecule has 1 amide bonds. The summed E-state index contributed by atoms with van der Waals surface area (Å²) in [5.74, 6) is -1.40. The second kappa shape index (κ2) is 3.06.